The van der Waals surface area contributed by atoms with E-state index in [1.165, 1.54) is 11.1 Å². The molecule has 0 aliphatic rings. The number of hydrogen-bond acceptors (Lipinski definition) is 1. The number of benzene rings is 1. The summed E-state index contributed by atoms with van der Waals surface area (Å²) in [5, 5.41) is 0. The third-order valence-electron chi connectivity index (χ3n) is 2.15. The van der Waals surface area contributed by atoms with Crippen LogP contribution in [0.3, 0.4) is 0 Å². The van der Waals surface area contributed by atoms with Gasteiger partial charge in [0.25, 0.3) is 0 Å². The highest BCUT2D eigenvalue weighted by Crippen LogP contribution is 2.11. The molecule has 0 aromatic heterocycles. The molecule has 0 saturated carbocycles. The van der Waals surface area contributed by atoms with E-state index in [1.54, 1.807) is 0 Å². The third kappa shape index (κ3) is 3.33. The highest BCUT2D eigenvalue weighted by Gasteiger charge is 2.02. The third-order valence-corrected chi connectivity index (χ3v) is 2.15. The van der Waals surface area contributed by atoms with Gasteiger partial charge in [-0.1, -0.05) is 32.9 Å². The summed E-state index contributed by atoms with van der Waals surface area (Å²) in [6.07, 6.45) is 0.586. The summed E-state index contributed by atoms with van der Waals surface area (Å²) in [6, 6.07) is 5.85. The fraction of sp³-hybridized carbons (Fsp3) is 0.462. The molecule has 1 nitrogen and oxygen atoms in total. The normalized spacial score (nSPS) is 8.93. The van der Waals surface area contributed by atoms with Gasteiger partial charge in [-0.25, -0.2) is 0 Å². The Kier molecular flexibility index (Phi) is 5.86. The quantitative estimate of drug-likeness (QED) is 0.649. The van der Waals surface area contributed by atoms with Crippen LogP contribution in [-0.4, -0.2) is 5.78 Å². The van der Waals surface area contributed by atoms with Crippen LogP contribution in [0.25, 0.3) is 0 Å². The molecule has 0 unspecified atom stereocenters. The van der Waals surface area contributed by atoms with Gasteiger partial charge in [-0.2, -0.15) is 0 Å². The molecule has 14 heavy (non-hydrogen) atoms. The maximum atomic E-state index is 11.3. The Morgan fingerprint density at radius 2 is 1.71 bits per heavy atom. The first kappa shape index (κ1) is 12.9. The van der Waals surface area contributed by atoms with Crippen LogP contribution in [0, 0.1) is 13.8 Å². The molecule has 1 aromatic carbocycles. The molecule has 0 heterocycles. The highest BCUT2D eigenvalue weighted by molar-refractivity contribution is 5.96. The second kappa shape index (κ2) is 6.36. The minimum atomic E-state index is 0.220. The topological polar surface area (TPSA) is 17.1 Å². The van der Waals surface area contributed by atoms with Gasteiger partial charge in [0.1, 0.15) is 0 Å². The van der Waals surface area contributed by atoms with Crippen molar-refractivity contribution in [1.82, 2.24) is 0 Å². The SMILES string of the molecule is CC.CCC(=O)c1ccc(C)c(C)c1. The zero-order valence-corrected chi connectivity index (χ0v) is 9.85. The molecule has 0 atom stereocenters. The van der Waals surface area contributed by atoms with Crippen LogP contribution in [0.4, 0.5) is 0 Å². The molecule has 1 heteroatoms. The lowest BCUT2D eigenvalue weighted by Gasteiger charge is -2.02. The highest BCUT2D eigenvalue weighted by atomic mass is 16.1. The number of carbonyl (C=O) groups excluding carboxylic acids is 1. The standard InChI is InChI=1S/C11H14O.C2H6/c1-4-11(12)10-6-5-8(2)9(3)7-10;1-2/h5-7H,4H2,1-3H3;1-2H3. The summed E-state index contributed by atoms with van der Waals surface area (Å²) in [6.45, 7) is 9.97. The van der Waals surface area contributed by atoms with Gasteiger partial charge >= 0.3 is 0 Å². The molecule has 0 aliphatic carbocycles. The van der Waals surface area contributed by atoms with Crippen LogP contribution in [0.2, 0.25) is 0 Å². The summed E-state index contributed by atoms with van der Waals surface area (Å²) < 4.78 is 0. The van der Waals surface area contributed by atoms with E-state index in [1.807, 2.05) is 45.9 Å². The largest absolute Gasteiger partial charge is 0.294 e. The smallest absolute Gasteiger partial charge is 0.162 e. The number of aryl methyl sites for hydroxylation is 2. The van der Waals surface area contributed by atoms with E-state index in [2.05, 4.69) is 6.92 Å². The Bertz CT molecular complexity index is 300. The Morgan fingerprint density at radius 1 is 1.14 bits per heavy atom. The molecule has 0 radical (unpaired) electrons. The second-order valence-corrected chi connectivity index (χ2v) is 3.08. The van der Waals surface area contributed by atoms with Gasteiger partial charge in [0.2, 0.25) is 0 Å². The fourth-order valence-electron chi connectivity index (χ4n) is 1.12. The number of Topliss-reactive ketones (excluding diaryl/α,β-unsaturated/α-hetero) is 1. The van der Waals surface area contributed by atoms with E-state index in [0.717, 1.165) is 5.56 Å². The number of hydrogen-bond donors (Lipinski definition) is 0. The van der Waals surface area contributed by atoms with Gasteiger partial charge in [-0.3, -0.25) is 4.79 Å². The lowest BCUT2D eigenvalue weighted by atomic mass is 10.0. The number of rotatable bonds is 2. The Labute approximate surface area is 87.2 Å². The van der Waals surface area contributed by atoms with E-state index < -0.39 is 0 Å². The van der Waals surface area contributed by atoms with Crippen LogP contribution in [0.5, 0.6) is 0 Å². The van der Waals surface area contributed by atoms with Crippen molar-refractivity contribution in [2.75, 3.05) is 0 Å². The zero-order valence-electron chi connectivity index (χ0n) is 9.85. The van der Waals surface area contributed by atoms with Crippen molar-refractivity contribution in [3.63, 3.8) is 0 Å². The number of ketones is 1. The molecule has 78 valence electrons. The molecule has 0 bridgehead atoms. The fourth-order valence-corrected chi connectivity index (χ4v) is 1.12. The minimum Gasteiger partial charge on any atom is -0.294 e. The van der Waals surface area contributed by atoms with Crippen molar-refractivity contribution in [1.29, 1.82) is 0 Å². The Hall–Kier alpha value is -1.11. The Balaban J connectivity index is 0.000000791. The molecule has 0 fully saturated rings. The predicted molar refractivity (Wildman–Crippen MR) is 61.9 cm³/mol. The molecule has 0 saturated heterocycles. The molecule has 0 spiro atoms. The van der Waals surface area contributed by atoms with E-state index in [-0.39, 0.29) is 5.78 Å². The summed E-state index contributed by atoms with van der Waals surface area (Å²) in [5.74, 6) is 0.220. The summed E-state index contributed by atoms with van der Waals surface area (Å²) in [7, 11) is 0. The van der Waals surface area contributed by atoms with Gasteiger partial charge in [-0.05, 0) is 31.0 Å². The van der Waals surface area contributed by atoms with Gasteiger partial charge in [0, 0.05) is 12.0 Å². The van der Waals surface area contributed by atoms with E-state index in [4.69, 9.17) is 0 Å². The van der Waals surface area contributed by atoms with Crippen molar-refractivity contribution in [2.24, 2.45) is 0 Å². The molecule has 0 N–H and O–H groups in total. The molecular weight excluding hydrogens is 172 g/mol. The maximum absolute atomic E-state index is 11.3. The van der Waals surface area contributed by atoms with Crippen LogP contribution >= 0.6 is 0 Å². The van der Waals surface area contributed by atoms with Crippen molar-refractivity contribution in [2.45, 2.75) is 41.0 Å². The summed E-state index contributed by atoms with van der Waals surface area (Å²) in [5.41, 5.74) is 3.26. The summed E-state index contributed by atoms with van der Waals surface area (Å²) >= 11 is 0. The molecular formula is C13H20O. The molecule has 1 aromatic rings. The molecule has 0 aliphatic heterocycles. The van der Waals surface area contributed by atoms with Crippen molar-refractivity contribution in [3.8, 4) is 0 Å². The van der Waals surface area contributed by atoms with E-state index in [9.17, 15) is 4.79 Å². The first-order chi connectivity index (χ1) is 6.65. The first-order valence-corrected chi connectivity index (χ1v) is 5.25. The van der Waals surface area contributed by atoms with Gasteiger partial charge in [0.05, 0.1) is 0 Å². The predicted octanol–water partition coefficient (Wildman–Crippen LogP) is 3.92. The maximum Gasteiger partial charge on any atom is 0.162 e. The average molecular weight is 192 g/mol. The summed E-state index contributed by atoms with van der Waals surface area (Å²) in [4.78, 5) is 11.3. The van der Waals surface area contributed by atoms with Crippen molar-refractivity contribution < 1.29 is 4.79 Å². The van der Waals surface area contributed by atoms with Crippen LogP contribution < -0.4 is 0 Å². The molecule has 0 amide bonds. The monoisotopic (exact) mass is 192 g/mol. The number of carbonyl (C=O) groups is 1. The van der Waals surface area contributed by atoms with Gasteiger partial charge < -0.3 is 0 Å². The average Bonchev–Trinajstić information content (AvgIpc) is 2.24. The van der Waals surface area contributed by atoms with Crippen molar-refractivity contribution >= 4 is 5.78 Å². The van der Waals surface area contributed by atoms with Gasteiger partial charge in [-0.15, -0.1) is 0 Å². The van der Waals surface area contributed by atoms with Crippen molar-refractivity contribution in [3.05, 3.63) is 34.9 Å². The van der Waals surface area contributed by atoms with E-state index in [0.29, 0.717) is 6.42 Å². The van der Waals surface area contributed by atoms with Crippen LogP contribution in [0.15, 0.2) is 18.2 Å². The van der Waals surface area contributed by atoms with E-state index >= 15 is 0 Å². The van der Waals surface area contributed by atoms with Crippen LogP contribution in [0.1, 0.15) is 48.7 Å². The second-order valence-electron chi connectivity index (χ2n) is 3.08. The molecule has 1 rings (SSSR count). The zero-order chi connectivity index (χ0) is 11.1. The minimum absolute atomic E-state index is 0.220. The Morgan fingerprint density at radius 3 is 2.14 bits per heavy atom. The first-order valence-electron chi connectivity index (χ1n) is 5.25. The lowest BCUT2D eigenvalue weighted by molar-refractivity contribution is 0.0988. The lowest BCUT2D eigenvalue weighted by Crippen LogP contribution is -1.97. The van der Waals surface area contributed by atoms with Crippen LogP contribution in [-0.2, 0) is 0 Å². The van der Waals surface area contributed by atoms with Gasteiger partial charge in [0.15, 0.2) is 5.78 Å².